The topological polar surface area (TPSA) is 148 Å². The van der Waals surface area contributed by atoms with E-state index in [0.29, 0.717) is 17.8 Å². The fourth-order valence-corrected chi connectivity index (χ4v) is 4.18. The lowest BCUT2D eigenvalue weighted by molar-refractivity contribution is -0.757. The van der Waals surface area contributed by atoms with Crippen molar-refractivity contribution in [3.8, 4) is 22.5 Å². The molecular formula is C25H24ClN7O5. The number of rotatable bonds is 12. The number of hydrogen-bond donors (Lipinski definition) is 0. The lowest BCUT2D eigenvalue weighted by Crippen LogP contribution is -2.17. The summed E-state index contributed by atoms with van der Waals surface area (Å²) in [5.74, 6) is 0.430. The lowest BCUT2D eigenvalue weighted by atomic mass is 9.98. The van der Waals surface area contributed by atoms with Crippen LogP contribution < -0.4 is 0 Å². The summed E-state index contributed by atoms with van der Waals surface area (Å²) in [6.07, 6.45) is 3.14. The number of carbonyl (C=O) groups is 2. The van der Waals surface area contributed by atoms with Crippen LogP contribution in [0, 0.1) is 10.1 Å². The Balaban J connectivity index is 1.55. The highest BCUT2D eigenvalue weighted by Crippen LogP contribution is 2.30. The van der Waals surface area contributed by atoms with Crippen molar-refractivity contribution in [1.29, 1.82) is 0 Å². The van der Waals surface area contributed by atoms with Gasteiger partial charge < -0.3 is 9.40 Å². The maximum Gasteiger partial charge on any atom is 0.294 e. The summed E-state index contributed by atoms with van der Waals surface area (Å²) in [5.41, 5.74) is 3.70. The van der Waals surface area contributed by atoms with Gasteiger partial charge in [-0.1, -0.05) is 78.3 Å². The largest absolute Gasteiger partial charge is 0.320 e. The lowest BCUT2D eigenvalue weighted by Gasteiger charge is -2.11. The first-order valence-corrected chi connectivity index (χ1v) is 12.3. The van der Waals surface area contributed by atoms with Crippen molar-refractivity contribution in [3.05, 3.63) is 80.9 Å². The number of benzene rings is 2. The molecule has 0 saturated carbocycles. The maximum atomic E-state index is 12.2. The van der Waals surface area contributed by atoms with E-state index in [0.717, 1.165) is 52.9 Å². The van der Waals surface area contributed by atoms with Gasteiger partial charge in [0, 0.05) is 18.5 Å². The molecule has 0 radical (unpaired) electrons. The van der Waals surface area contributed by atoms with Crippen LogP contribution in [0.25, 0.3) is 22.5 Å². The smallest absolute Gasteiger partial charge is 0.294 e. The molecule has 0 bridgehead atoms. The van der Waals surface area contributed by atoms with Crippen molar-refractivity contribution < 1.29 is 19.5 Å². The average Bonchev–Trinajstić information content (AvgIpc) is 3.52. The molecule has 13 heteroatoms. The fraction of sp³-hybridized carbons (Fsp3) is 0.280. The van der Waals surface area contributed by atoms with Crippen LogP contribution in [0.4, 0.5) is 0 Å². The molecule has 0 aliphatic rings. The van der Waals surface area contributed by atoms with Crippen LogP contribution in [0.15, 0.2) is 48.5 Å². The zero-order valence-electron chi connectivity index (χ0n) is 20.5. The second-order valence-electron chi connectivity index (χ2n) is 8.36. The molecule has 4 rings (SSSR count). The van der Waals surface area contributed by atoms with Crippen molar-refractivity contribution in [2.24, 2.45) is 0 Å². The van der Waals surface area contributed by atoms with Crippen LogP contribution in [0.5, 0.6) is 0 Å². The van der Waals surface area contributed by atoms with Crippen molar-refractivity contribution >= 4 is 23.8 Å². The molecule has 2 aromatic heterocycles. The highest BCUT2D eigenvalue weighted by Gasteiger charge is 2.17. The molecule has 4 aromatic rings. The summed E-state index contributed by atoms with van der Waals surface area (Å²) in [6.45, 7) is 2.15. The summed E-state index contributed by atoms with van der Waals surface area (Å²) >= 11 is 6.20. The minimum Gasteiger partial charge on any atom is -0.320 e. The van der Waals surface area contributed by atoms with Crippen LogP contribution in [0.2, 0.25) is 5.15 Å². The van der Waals surface area contributed by atoms with Gasteiger partial charge in [0.25, 0.3) is 11.0 Å². The molecule has 196 valence electrons. The van der Waals surface area contributed by atoms with Crippen molar-refractivity contribution in [1.82, 2.24) is 29.8 Å². The first-order chi connectivity index (χ1) is 18.4. The highest BCUT2D eigenvalue weighted by molar-refractivity contribution is 6.31. The zero-order valence-corrected chi connectivity index (χ0v) is 21.2. The van der Waals surface area contributed by atoms with Gasteiger partial charge in [0.1, 0.15) is 18.1 Å². The Morgan fingerprint density at radius 1 is 1.16 bits per heavy atom. The molecule has 0 atom stereocenters. The Bertz CT molecular complexity index is 1450. The number of tetrazole rings is 1. The van der Waals surface area contributed by atoms with E-state index in [4.69, 9.17) is 11.6 Å². The third-order valence-electron chi connectivity index (χ3n) is 5.83. The number of aromatic nitrogens is 6. The van der Waals surface area contributed by atoms with Crippen molar-refractivity contribution in [2.75, 3.05) is 6.61 Å². The number of hydrogen-bond acceptors (Lipinski definition) is 9. The second kappa shape index (κ2) is 12.2. The Morgan fingerprint density at radius 2 is 1.89 bits per heavy atom. The third kappa shape index (κ3) is 6.09. The highest BCUT2D eigenvalue weighted by atomic mass is 35.5. The van der Waals surface area contributed by atoms with Crippen LogP contribution in [-0.4, -0.2) is 53.6 Å². The molecule has 2 aromatic carbocycles. The number of aryl methyl sites for hydroxylation is 1. The zero-order chi connectivity index (χ0) is 27.1. The average molecular weight is 538 g/mol. The molecule has 0 N–H and O–H groups in total. The molecule has 0 fully saturated rings. The SMILES string of the molecule is CCCCc1nc(Cl)c(C=O)n1Cc1ccc(-c2ccccc2-c2nnn(C(=O)CCO[N+](=O)[O-])n2)cc1. The Labute approximate surface area is 222 Å². The molecule has 0 aliphatic heterocycles. The normalized spacial score (nSPS) is 10.9. The standard InChI is InChI=1S/C25H24ClN7O5/c1-2-3-8-22-27-24(26)21(16-34)31(22)15-17-9-11-18(12-10-17)19-6-4-5-7-20(19)25-28-30-32(29-25)23(35)13-14-38-33(36)37/h4-7,9-12,16H,2-3,8,13-15H2,1H3. The second-order valence-corrected chi connectivity index (χ2v) is 8.72. The molecule has 38 heavy (non-hydrogen) atoms. The number of carbonyl (C=O) groups excluding carboxylic acids is 2. The molecule has 0 unspecified atom stereocenters. The summed E-state index contributed by atoms with van der Waals surface area (Å²) < 4.78 is 1.85. The maximum absolute atomic E-state index is 12.2. The number of imidazole rings is 1. The number of nitrogens with zero attached hydrogens (tertiary/aromatic N) is 7. The number of halogens is 1. The van der Waals surface area contributed by atoms with Crippen LogP contribution in [-0.2, 0) is 17.8 Å². The summed E-state index contributed by atoms with van der Waals surface area (Å²) in [7, 11) is 0. The molecule has 12 nitrogen and oxygen atoms in total. The Kier molecular flexibility index (Phi) is 8.54. The van der Waals surface area contributed by atoms with Crippen molar-refractivity contribution in [3.63, 3.8) is 0 Å². The van der Waals surface area contributed by atoms with E-state index < -0.39 is 17.6 Å². The van der Waals surface area contributed by atoms with E-state index >= 15 is 0 Å². The Hall–Kier alpha value is -4.45. The van der Waals surface area contributed by atoms with Gasteiger partial charge in [0.05, 0.1) is 6.42 Å². The third-order valence-corrected chi connectivity index (χ3v) is 6.11. The van der Waals surface area contributed by atoms with E-state index in [2.05, 4.69) is 32.2 Å². The number of unbranched alkanes of at least 4 members (excludes halogenated alkanes) is 1. The van der Waals surface area contributed by atoms with Gasteiger partial charge in [0.15, 0.2) is 11.4 Å². The summed E-state index contributed by atoms with van der Waals surface area (Å²) in [4.78, 5) is 43.5. The van der Waals surface area contributed by atoms with E-state index in [9.17, 15) is 19.7 Å². The van der Waals surface area contributed by atoms with E-state index in [-0.39, 0.29) is 17.4 Å². The van der Waals surface area contributed by atoms with Gasteiger partial charge in [-0.05, 0) is 28.3 Å². The van der Waals surface area contributed by atoms with Gasteiger partial charge >= 0.3 is 0 Å². The van der Waals surface area contributed by atoms with Gasteiger partial charge in [0.2, 0.25) is 5.82 Å². The predicted octanol–water partition coefficient (Wildman–Crippen LogP) is 4.30. The predicted molar refractivity (Wildman–Crippen MR) is 137 cm³/mol. The van der Waals surface area contributed by atoms with Gasteiger partial charge in [-0.2, -0.15) is 0 Å². The van der Waals surface area contributed by atoms with E-state index in [1.165, 1.54) is 0 Å². The minimum atomic E-state index is -0.966. The summed E-state index contributed by atoms with van der Waals surface area (Å²) in [5, 5.41) is 21.5. The molecule has 0 amide bonds. The number of aldehydes is 1. The molecule has 0 saturated heterocycles. The fourth-order valence-electron chi connectivity index (χ4n) is 3.93. The molecule has 0 spiro atoms. The van der Waals surface area contributed by atoms with Gasteiger partial charge in [-0.3, -0.25) is 9.59 Å². The van der Waals surface area contributed by atoms with Crippen LogP contribution >= 0.6 is 11.6 Å². The van der Waals surface area contributed by atoms with Crippen LogP contribution in [0.3, 0.4) is 0 Å². The Morgan fingerprint density at radius 3 is 2.58 bits per heavy atom. The first-order valence-electron chi connectivity index (χ1n) is 11.9. The van der Waals surface area contributed by atoms with E-state index in [1.807, 2.05) is 53.1 Å². The minimum absolute atomic E-state index is 0.209. The molecular weight excluding hydrogens is 514 g/mol. The van der Waals surface area contributed by atoms with E-state index in [1.54, 1.807) is 0 Å². The van der Waals surface area contributed by atoms with Gasteiger partial charge in [-0.15, -0.1) is 20.3 Å². The van der Waals surface area contributed by atoms with Crippen LogP contribution in [0.1, 0.15) is 52.9 Å². The van der Waals surface area contributed by atoms with Gasteiger partial charge in [-0.25, -0.2) is 4.98 Å². The first kappa shape index (κ1) is 26.6. The van der Waals surface area contributed by atoms with Crippen molar-refractivity contribution in [2.45, 2.75) is 39.2 Å². The molecule has 0 aliphatic carbocycles. The summed E-state index contributed by atoms with van der Waals surface area (Å²) in [6, 6.07) is 15.2. The quantitative estimate of drug-likeness (QED) is 0.146. The monoisotopic (exact) mass is 537 g/mol. The molecule has 2 heterocycles.